The Kier molecular flexibility index (Phi) is 3.67. The normalized spacial score (nSPS) is 14.1. The van der Waals surface area contributed by atoms with E-state index in [4.69, 9.17) is 5.73 Å². The second-order valence-electron chi connectivity index (χ2n) is 4.78. The second kappa shape index (κ2) is 4.41. The molecule has 0 aliphatic rings. The van der Waals surface area contributed by atoms with Gasteiger partial charge in [-0.25, -0.2) is 4.98 Å². The highest BCUT2D eigenvalue weighted by Crippen LogP contribution is 2.28. The van der Waals surface area contributed by atoms with Crippen LogP contribution in [0.25, 0.3) is 0 Å². The molecule has 0 amide bonds. The number of hydrogen-bond donors (Lipinski definition) is 1. The lowest BCUT2D eigenvalue weighted by molar-refractivity contribution is 0.342. The van der Waals surface area contributed by atoms with Crippen LogP contribution in [0.5, 0.6) is 0 Å². The number of rotatable bonds is 2. The third-order valence-electron chi connectivity index (χ3n) is 2.01. The first kappa shape index (κ1) is 11.7. The topological polar surface area (TPSA) is 38.9 Å². The van der Waals surface area contributed by atoms with Crippen LogP contribution in [0.2, 0.25) is 0 Å². The Morgan fingerprint density at radius 1 is 1.50 bits per heavy atom. The molecule has 0 bridgehead atoms. The molecule has 1 atom stereocenters. The van der Waals surface area contributed by atoms with Crippen LogP contribution in [-0.2, 0) is 0 Å². The average molecular weight is 257 g/mol. The number of aromatic nitrogens is 1. The quantitative estimate of drug-likeness (QED) is 0.826. The van der Waals surface area contributed by atoms with E-state index in [1.807, 2.05) is 12.1 Å². The van der Waals surface area contributed by atoms with Gasteiger partial charge in [0.15, 0.2) is 0 Å². The van der Waals surface area contributed by atoms with Crippen LogP contribution in [0.15, 0.2) is 22.9 Å². The highest BCUT2D eigenvalue weighted by Gasteiger charge is 2.16. The number of nitrogens with zero attached hydrogens (tertiary/aromatic N) is 1. The van der Waals surface area contributed by atoms with E-state index in [0.29, 0.717) is 0 Å². The van der Waals surface area contributed by atoms with Crippen molar-refractivity contribution in [1.82, 2.24) is 4.98 Å². The predicted molar refractivity (Wildman–Crippen MR) is 62.9 cm³/mol. The summed E-state index contributed by atoms with van der Waals surface area (Å²) >= 11 is 3.34. The molecular weight excluding hydrogens is 240 g/mol. The molecule has 2 N–H and O–H groups in total. The molecule has 0 saturated carbocycles. The SMILES string of the molecule is CC(C)(C)C[C@@H](N)c1ccnc(Br)c1. The van der Waals surface area contributed by atoms with Crippen LogP contribution in [0.3, 0.4) is 0 Å². The Morgan fingerprint density at radius 3 is 2.64 bits per heavy atom. The monoisotopic (exact) mass is 256 g/mol. The van der Waals surface area contributed by atoms with Crippen molar-refractivity contribution in [2.24, 2.45) is 11.1 Å². The van der Waals surface area contributed by atoms with Gasteiger partial charge in [0.1, 0.15) is 4.60 Å². The molecule has 1 heterocycles. The smallest absolute Gasteiger partial charge is 0.106 e. The molecule has 0 saturated heterocycles. The minimum absolute atomic E-state index is 0.0919. The Morgan fingerprint density at radius 2 is 2.14 bits per heavy atom. The molecule has 1 rings (SSSR count). The summed E-state index contributed by atoms with van der Waals surface area (Å²) in [6, 6.07) is 4.05. The van der Waals surface area contributed by atoms with E-state index in [-0.39, 0.29) is 11.5 Å². The van der Waals surface area contributed by atoms with E-state index in [1.165, 1.54) is 0 Å². The van der Waals surface area contributed by atoms with Gasteiger partial charge in [-0.3, -0.25) is 0 Å². The second-order valence-corrected chi connectivity index (χ2v) is 5.60. The molecule has 3 heteroatoms. The van der Waals surface area contributed by atoms with Gasteiger partial charge < -0.3 is 5.73 Å². The Labute approximate surface area is 94.0 Å². The average Bonchev–Trinajstić information content (AvgIpc) is 2.01. The van der Waals surface area contributed by atoms with Gasteiger partial charge in [-0.1, -0.05) is 20.8 Å². The molecule has 0 aliphatic carbocycles. The van der Waals surface area contributed by atoms with Gasteiger partial charge in [-0.05, 0) is 45.5 Å². The highest BCUT2D eigenvalue weighted by molar-refractivity contribution is 9.10. The van der Waals surface area contributed by atoms with Crippen LogP contribution < -0.4 is 5.73 Å². The van der Waals surface area contributed by atoms with Crippen LogP contribution in [0.1, 0.15) is 38.8 Å². The standard InChI is InChI=1S/C11H17BrN2/c1-11(2,3)7-9(13)8-4-5-14-10(12)6-8/h4-6,9H,7,13H2,1-3H3/t9-/m1/s1. The van der Waals surface area contributed by atoms with Gasteiger partial charge in [-0.2, -0.15) is 0 Å². The fourth-order valence-electron chi connectivity index (χ4n) is 1.43. The van der Waals surface area contributed by atoms with Crippen molar-refractivity contribution in [2.45, 2.75) is 33.2 Å². The Hall–Kier alpha value is -0.410. The summed E-state index contributed by atoms with van der Waals surface area (Å²) in [6.45, 7) is 6.59. The lowest BCUT2D eigenvalue weighted by atomic mass is 9.86. The van der Waals surface area contributed by atoms with Crippen molar-refractivity contribution in [1.29, 1.82) is 0 Å². The maximum atomic E-state index is 6.10. The first-order valence-corrected chi connectivity index (χ1v) is 5.55. The number of hydrogen-bond acceptors (Lipinski definition) is 2. The van der Waals surface area contributed by atoms with Crippen molar-refractivity contribution >= 4 is 15.9 Å². The van der Waals surface area contributed by atoms with Crippen molar-refractivity contribution in [3.63, 3.8) is 0 Å². The maximum Gasteiger partial charge on any atom is 0.106 e. The summed E-state index contributed by atoms with van der Waals surface area (Å²) in [5.41, 5.74) is 7.50. The third kappa shape index (κ3) is 3.76. The van der Waals surface area contributed by atoms with Crippen molar-refractivity contribution in [3.8, 4) is 0 Å². The molecule has 0 aliphatic heterocycles. The summed E-state index contributed by atoms with van der Waals surface area (Å²) in [6.07, 6.45) is 2.76. The van der Waals surface area contributed by atoms with E-state index >= 15 is 0 Å². The third-order valence-corrected chi connectivity index (χ3v) is 2.44. The van der Waals surface area contributed by atoms with Gasteiger partial charge >= 0.3 is 0 Å². The largest absolute Gasteiger partial charge is 0.324 e. The summed E-state index contributed by atoms with van der Waals surface area (Å²) in [5, 5.41) is 0. The lowest BCUT2D eigenvalue weighted by Crippen LogP contribution is -2.18. The molecule has 78 valence electrons. The number of pyridine rings is 1. The van der Waals surface area contributed by atoms with Crippen LogP contribution in [-0.4, -0.2) is 4.98 Å². The van der Waals surface area contributed by atoms with E-state index in [0.717, 1.165) is 16.6 Å². The van der Waals surface area contributed by atoms with Gasteiger partial charge in [-0.15, -0.1) is 0 Å². The minimum atomic E-state index is 0.0919. The molecular formula is C11H17BrN2. The molecule has 1 aromatic rings. The van der Waals surface area contributed by atoms with Crippen molar-refractivity contribution < 1.29 is 0 Å². The minimum Gasteiger partial charge on any atom is -0.324 e. The van der Waals surface area contributed by atoms with Crippen LogP contribution in [0, 0.1) is 5.41 Å². The molecule has 0 unspecified atom stereocenters. The summed E-state index contributed by atoms with van der Waals surface area (Å²) in [7, 11) is 0. The molecule has 0 fully saturated rings. The fourth-order valence-corrected chi connectivity index (χ4v) is 1.81. The first-order chi connectivity index (χ1) is 6.38. The van der Waals surface area contributed by atoms with E-state index in [1.54, 1.807) is 6.20 Å². The molecule has 0 spiro atoms. The van der Waals surface area contributed by atoms with Crippen LogP contribution in [0.4, 0.5) is 0 Å². The first-order valence-electron chi connectivity index (χ1n) is 4.75. The zero-order chi connectivity index (χ0) is 10.8. The molecule has 2 nitrogen and oxygen atoms in total. The van der Waals surface area contributed by atoms with Gasteiger partial charge in [0.2, 0.25) is 0 Å². The zero-order valence-corrected chi connectivity index (χ0v) is 10.5. The fraction of sp³-hybridized carbons (Fsp3) is 0.545. The Balaban J connectivity index is 2.74. The van der Waals surface area contributed by atoms with Crippen molar-refractivity contribution in [3.05, 3.63) is 28.5 Å². The maximum absolute atomic E-state index is 6.10. The van der Waals surface area contributed by atoms with Crippen LogP contribution >= 0.6 is 15.9 Å². The Bertz CT molecular complexity index is 304. The van der Waals surface area contributed by atoms with Gasteiger partial charge in [0.25, 0.3) is 0 Å². The summed E-state index contributed by atoms with van der Waals surface area (Å²) < 4.78 is 0.847. The number of halogens is 1. The van der Waals surface area contributed by atoms with Gasteiger partial charge in [0.05, 0.1) is 0 Å². The predicted octanol–water partition coefficient (Wildman–Crippen LogP) is 3.28. The summed E-state index contributed by atoms with van der Waals surface area (Å²) in [4.78, 5) is 4.08. The highest BCUT2D eigenvalue weighted by atomic mass is 79.9. The van der Waals surface area contributed by atoms with Crippen molar-refractivity contribution in [2.75, 3.05) is 0 Å². The molecule has 0 radical (unpaired) electrons. The summed E-state index contributed by atoms with van der Waals surface area (Å²) in [5.74, 6) is 0. The molecule has 0 aromatic carbocycles. The molecule has 14 heavy (non-hydrogen) atoms. The van der Waals surface area contributed by atoms with Gasteiger partial charge in [0, 0.05) is 12.2 Å². The molecule has 1 aromatic heterocycles. The number of nitrogens with two attached hydrogens (primary N) is 1. The van der Waals surface area contributed by atoms with E-state index in [2.05, 4.69) is 41.7 Å². The lowest BCUT2D eigenvalue weighted by Gasteiger charge is -2.23. The van der Waals surface area contributed by atoms with E-state index < -0.39 is 0 Å². The van der Waals surface area contributed by atoms with E-state index in [9.17, 15) is 0 Å². The zero-order valence-electron chi connectivity index (χ0n) is 8.92.